The van der Waals surface area contributed by atoms with Gasteiger partial charge in [0.25, 0.3) is 0 Å². The van der Waals surface area contributed by atoms with Gasteiger partial charge in [-0.1, -0.05) is 61.7 Å². The van der Waals surface area contributed by atoms with E-state index < -0.39 is 0 Å². The van der Waals surface area contributed by atoms with Crippen molar-refractivity contribution in [3.8, 4) is 0 Å². The van der Waals surface area contributed by atoms with Crippen molar-refractivity contribution in [2.45, 2.75) is 63.7 Å². The molecule has 0 unspecified atom stereocenters. The van der Waals surface area contributed by atoms with Gasteiger partial charge in [-0.2, -0.15) is 0 Å². The molecule has 2 fully saturated rings. The van der Waals surface area contributed by atoms with Gasteiger partial charge in [-0.05, 0) is 61.8 Å². The number of hydrogen-bond donors (Lipinski definition) is 0. The van der Waals surface area contributed by atoms with Crippen LogP contribution in [0.5, 0.6) is 0 Å². The molecule has 0 bridgehead atoms. The molecule has 3 rings (SSSR count). The van der Waals surface area contributed by atoms with E-state index in [2.05, 4.69) is 42.5 Å². The standard InChI is InChI=1S/C20H28/c1-3-7-17(8-4-1)11-12-18-13-15-20(16-14-18)19-9-5-2-6-10-19/h2,5-6,9-12,17-18,20H,1,3-4,7-8,13-16H2/t18-,20-. The summed E-state index contributed by atoms with van der Waals surface area (Å²) in [7, 11) is 0. The van der Waals surface area contributed by atoms with Crippen LogP contribution in [0, 0.1) is 11.8 Å². The van der Waals surface area contributed by atoms with Crippen LogP contribution in [0.3, 0.4) is 0 Å². The molecular weight excluding hydrogens is 240 g/mol. The second-order valence-corrected chi connectivity index (χ2v) is 6.81. The Balaban J connectivity index is 1.47. The molecule has 2 saturated carbocycles. The van der Waals surface area contributed by atoms with Gasteiger partial charge in [-0.3, -0.25) is 0 Å². The van der Waals surface area contributed by atoms with Crippen molar-refractivity contribution in [3.05, 3.63) is 48.0 Å². The normalized spacial score (nSPS) is 28.8. The van der Waals surface area contributed by atoms with E-state index in [4.69, 9.17) is 0 Å². The molecule has 108 valence electrons. The van der Waals surface area contributed by atoms with Crippen molar-refractivity contribution in [1.82, 2.24) is 0 Å². The van der Waals surface area contributed by atoms with Gasteiger partial charge < -0.3 is 0 Å². The van der Waals surface area contributed by atoms with Crippen LogP contribution in [0.25, 0.3) is 0 Å². The van der Waals surface area contributed by atoms with Gasteiger partial charge in [0.2, 0.25) is 0 Å². The van der Waals surface area contributed by atoms with Crippen LogP contribution in [0.15, 0.2) is 42.5 Å². The lowest BCUT2D eigenvalue weighted by Crippen LogP contribution is -2.12. The topological polar surface area (TPSA) is 0 Å². The first-order valence-corrected chi connectivity index (χ1v) is 8.65. The summed E-state index contributed by atoms with van der Waals surface area (Å²) in [5.41, 5.74) is 1.56. The third kappa shape index (κ3) is 3.75. The van der Waals surface area contributed by atoms with Gasteiger partial charge in [-0.25, -0.2) is 0 Å². The molecule has 0 heterocycles. The molecule has 0 amide bonds. The number of benzene rings is 1. The van der Waals surface area contributed by atoms with Crippen LogP contribution in [0.1, 0.15) is 69.3 Å². The molecular formula is C20H28. The Bertz CT molecular complexity index is 403. The Hall–Kier alpha value is -1.04. The SMILES string of the molecule is C(=C[C@H]1CC[C@H](c2ccccc2)CC1)C1CCCCC1. The highest BCUT2D eigenvalue weighted by molar-refractivity contribution is 5.20. The summed E-state index contributed by atoms with van der Waals surface area (Å²) in [5, 5.41) is 0. The smallest absolute Gasteiger partial charge is 0.0162 e. The molecule has 2 aliphatic rings. The fraction of sp³-hybridized carbons (Fsp3) is 0.600. The van der Waals surface area contributed by atoms with Crippen LogP contribution in [-0.2, 0) is 0 Å². The van der Waals surface area contributed by atoms with Crippen molar-refractivity contribution < 1.29 is 0 Å². The minimum atomic E-state index is 0.815. The first kappa shape index (κ1) is 13.9. The van der Waals surface area contributed by atoms with E-state index in [-0.39, 0.29) is 0 Å². The highest BCUT2D eigenvalue weighted by Crippen LogP contribution is 2.36. The van der Waals surface area contributed by atoms with Crippen LogP contribution >= 0.6 is 0 Å². The number of hydrogen-bond acceptors (Lipinski definition) is 0. The zero-order valence-corrected chi connectivity index (χ0v) is 12.6. The quantitative estimate of drug-likeness (QED) is 0.581. The maximum absolute atomic E-state index is 2.57. The highest BCUT2D eigenvalue weighted by Gasteiger charge is 2.21. The summed E-state index contributed by atoms with van der Waals surface area (Å²) in [6, 6.07) is 11.1. The highest BCUT2D eigenvalue weighted by atomic mass is 14.3. The van der Waals surface area contributed by atoms with E-state index in [1.807, 2.05) is 0 Å². The van der Waals surface area contributed by atoms with Gasteiger partial charge in [0.05, 0.1) is 0 Å². The second-order valence-electron chi connectivity index (χ2n) is 6.81. The molecule has 0 nitrogen and oxygen atoms in total. The average molecular weight is 268 g/mol. The molecule has 1 aromatic rings. The maximum Gasteiger partial charge on any atom is -0.0162 e. The van der Waals surface area contributed by atoms with Gasteiger partial charge in [-0.15, -0.1) is 0 Å². The molecule has 20 heavy (non-hydrogen) atoms. The molecule has 0 aliphatic heterocycles. The van der Waals surface area contributed by atoms with Crippen LogP contribution in [-0.4, -0.2) is 0 Å². The zero-order chi connectivity index (χ0) is 13.6. The molecule has 1 aromatic carbocycles. The van der Waals surface area contributed by atoms with E-state index in [0.717, 1.165) is 17.8 Å². The van der Waals surface area contributed by atoms with Gasteiger partial charge >= 0.3 is 0 Å². The third-order valence-corrected chi connectivity index (χ3v) is 5.35. The van der Waals surface area contributed by atoms with Crippen molar-refractivity contribution in [2.24, 2.45) is 11.8 Å². The average Bonchev–Trinajstić information content (AvgIpc) is 2.55. The molecule has 0 atom stereocenters. The summed E-state index contributed by atoms with van der Waals surface area (Å²) >= 11 is 0. The van der Waals surface area contributed by atoms with Crippen molar-refractivity contribution in [2.75, 3.05) is 0 Å². The molecule has 0 saturated heterocycles. The minimum absolute atomic E-state index is 0.815. The summed E-state index contributed by atoms with van der Waals surface area (Å²) < 4.78 is 0. The summed E-state index contributed by atoms with van der Waals surface area (Å²) in [4.78, 5) is 0. The number of rotatable bonds is 3. The lowest BCUT2D eigenvalue weighted by Gasteiger charge is -2.27. The molecule has 0 radical (unpaired) electrons. The Morgan fingerprint density at radius 2 is 1.25 bits per heavy atom. The minimum Gasteiger partial charge on any atom is -0.0851 e. The van der Waals surface area contributed by atoms with E-state index in [1.165, 1.54) is 57.8 Å². The van der Waals surface area contributed by atoms with E-state index in [0.29, 0.717) is 0 Å². The Morgan fingerprint density at radius 3 is 1.90 bits per heavy atom. The Morgan fingerprint density at radius 1 is 0.650 bits per heavy atom. The molecule has 0 aromatic heterocycles. The zero-order valence-electron chi connectivity index (χ0n) is 12.6. The second kappa shape index (κ2) is 7.11. The predicted molar refractivity (Wildman–Crippen MR) is 86.9 cm³/mol. The van der Waals surface area contributed by atoms with Crippen molar-refractivity contribution in [3.63, 3.8) is 0 Å². The first-order chi connectivity index (χ1) is 9.92. The molecule has 0 heteroatoms. The Labute approximate surface area is 124 Å². The maximum atomic E-state index is 2.57. The van der Waals surface area contributed by atoms with Gasteiger partial charge in [0.1, 0.15) is 0 Å². The fourth-order valence-electron chi connectivity index (χ4n) is 4.01. The van der Waals surface area contributed by atoms with Gasteiger partial charge in [0, 0.05) is 0 Å². The summed E-state index contributed by atoms with van der Waals surface area (Å²) in [6.07, 6.45) is 17.9. The lowest BCUT2D eigenvalue weighted by atomic mass is 9.78. The Kier molecular flexibility index (Phi) is 4.95. The van der Waals surface area contributed by atoms with E-state index in [9.17, 15) is 0 Å². The third-order valence-electron chi connectivity index (χ3n) is 5.35. The van der Waals surface area contributed by atoms with Crippen LogP contribution in [0.2, 0.25) is 0 Å². The molecule has 2 aliphatic carbocycles. The van der Waals surface area contributed by atoms with Crippen LogP contribution < -0.4 is 0 Å². The number of allylic oxidation sites excluding steroid dienone is 2. The monoisotopic (exact) mass is 268 g/mol. The molecule has 0 N–H and O–H groups in total. The van der Waals surface area contributed by atoms with Crippen molar-refractivity contribution in [1.29, 1.82) is 0 Å². The molecule has 0 spiro atoms. The fourth-order valence-corrected chi connectivity index (χ4v) is 4.01. The van der Waals surface area contributed by atoms with Crippen LogP contribution in [0.4, 0.5) is 0 Å². The lowest BCUT2D eigenvalue weighted by molar-refractivity contribution is 0.370. The first-order valence-electron chi connectivity index (χ1n) is 8.65. The predicted octanol–water partition coefficient (Wildman–Crippen LogP) is 6.10. The van der Waals surface area contributed by atoms with Gasteiger partial charge in [0.15, 0.2) is 0 Å². The van der Waals surface area contributed by atoms with Crippen molar-refractivity contribution >= 4 is 0 Å². The summed E-state index contributed by atoms with van der Waals surface area (Å²) in [6.45, 7) is 0. The largest absolute Gasteiger partial charge is 0.0851 e. The van der Waals surface area contributed by atoms with E-state index in [1.54, 1.807) is 5.56 Å². The van der Waals surface area contributed by atoms with E-state index >= 15 is 0 Å². The summed E-state index contributed by atoms with van der Waals surface area (Å²) in [5.74, 6) is 2.57.